The number of carbonyl (C=O) groups excluding carboxylic acids is 1. The van der Waals surface area contributed by atoms with E-state index in [1.807, 2.05) is 74.5 Å². The Balaban J connectivity index is 1.73. The molecule has 180 valence electrons. The number of nitrogens with zero attached hydrogens (tertiary/aromatic N) is 3. The quantitative estimate of drug-likeness (QED) is 0.298. The number of nitrogens with one attached hydrogen (secondary N) is 1. The fraction of sp³-hybridized carbons (Fsp3) is 0.172. The lowest BCUT2D eigenvalue weighted by Gasteiger charge is -2.16. The molecule has 0 spiro atoms. The van der Waals surface area contributed by atoms with Gasteiger partial charge in [-0.2, -0.15) is 5.26 Å². The summed E-state index contributed by atoms with van der Waals surface area (Å²) in [5, 5.41) is 13.0. The Hall–Kier alpha value is -4.15. The molecule has 1 N–H and O–H groups in total. The summed E-state index contributed by atoms with van der Waals surface area (Å²) in [6.45, 7) is 5.75. The van der Waals surface area contributed by atoms with Crippen molar-refractivity contribution in [2.75, 3.05) is 12.4 Å². The van der Waals surface area contributed by atoms with Crippen molar-refractivity contribution in [2.24, 2.45) is 0 Å². The fourth-order valence-corrected chi connectivity index (χ4v) is 4.50. The number of aryl methyl sites for hydroxylation is 2. The molecule has 0 saturated heterocycles. The van der Waals surface area contributed by atoms with Crippen LogP contribution in [0.1, 0.15) is 23.6 Å². The summed E-state index contributed by atoms with van der Waals surface area (Å²) >= 11 is 1.26. The number of nitriles is 1. The molecule has 1 atom stereocenters. The van der Waals surface area contributed by atoms with Crippen molar-refractivity contribution in [3.05, 3.63) is 89.6 Å². The molecule has 36 heavy (non-hydrogen) atoms. The molecular weight excluding hydrogens is 468 g/mol. The van der Waals surface area contributed by atoms with E-state index in [4.69, 9.17) is 9.72 Å². The van der Waals surface area contributed by atoms with Gasteiger partial charge in [0.1, 0.15) is 22.7 Å². The third-order valence-electron chi connectivity index (χ3n) is 5.67. The molecule has 0 aliphatic rings. The molecular formula is C29H26N4O2S. The standard InChI is InChI=1S/C29H26N4O2S/c1-18-5-8-21(9-6-18)24-15-26(22-10-12-23(35-4)13-11-22)32-29(25(24)16-30)36-20(3)28(34)33-27-14-7-19(2)17-31-27/h5-15,17,20H,1-4H3,(H,31,33,34). The smallest absolute Gasteiger partial charge is 0.238 e. The average molecular weight is 495 g/mol. The number of amides is 1. The summed E-state index contributed by atoms with van der Waals surface area (Å²) in [6, 6.07) is 23.5. The third-order valence-corrected chi connectivity index (χ3v) is 6.75. The molecule has 4 rings (SSSR count). The van der Waals surface area contributed by atoms with Gasteiger partial charge in [0.25, 0.3) is 0 Å². The van der Waals surface area contributed by atoms with Gasteiger partial charge in [-0.3, -0.25) is 4.79 Å². The fourth-order valence-electron chi connectivity index (χ4n) is 3.58. The zero-order valence-electron chi connectivity index (χ0n) is 20.6. The van der Waals surface area contributed by atoms with Crippen molar-refractivity contribution in [1.29, 1.82) is 5.26 Å². The molecule has 0 saturated carbocycles. The number of rotatable bonds is 7. The first-order valence-corrected chi connectivity index (χ1v) is 12.3. The van der Waals surface area contributed by atoms with Gasteiger partial charge in [-0.05, 0) is 68.3 Å². The molecule has 0 radical (unpaired) electrons. The number of aromatic nitrogens is 2. The molecule has 0 aliphatic heterocycles. The summed E-state index contributed by atoms with van der Waals surface area (Å²) in [7, 11) is 1.62. The number of benzene rings is 2. The van der Waals surface area contributed by atoms with E-state index < -0.39 is 5.25 Å². The van der Waals surface area contributed by atoms with E-state index in [0.717, 1.165) is 33.6 Å². The second-order valence-electron chi connectivity index (χ2n) is 8.41. The van der Waals surface area contributed by atoms with Gasteiger partial charge in [0, 0.05) is 17.3 Å². The Labute approximate surface area is 215 Å². The second-order valence-corrected chi connectivity index (χ2v) is 9.74. The summed E-state index contributed by atoms with van der Waals surface area (Å²) in [4.78, 5) is 22.0. The lowest BCUT2D eigenvalue weighted by atomic mass is 9.98. The van der Waals surface area contributed by atoms with Crippen LogP contribution in [0.2, 0.25) is 0 Å². The summed E-state index contributed by atoms with van der Waals surface area (Å²) in [6.07, 6.45) is 1.70. The molecule has 2 heterocycles. The van der Waals surface area contributed by atoms with Gasteiger partial charge in [-0.1, -0.05) is 47.7 Å². The Morgan fingerprint density at radius 3 is 2.28 bits per heavy atom. The maximum Gasteiger partial charge on any atom is 0.238 e. The highest BCUT2D eigenvalue weighted by molar-refractivity contribution is 8.00. The van der Waals surface area contributed by atoms with Gasteiger partial charge in [0.05, 0.1) is 23.6 Å². The number of anilines is 1. The average Bonchev–Trinajstić information content (AvgIpc) is 2.90. The Bertz CT molecular complexity index is 1410. The van der Waals surface area contributed by atoms with Crippen LogP contribution in [0, 0.1) is 25.2 Å². The minimum atomic E-state index is -0.510. The minimum Gasteiger partial charge on any atom is -0.497 e. The van der Waals surface area contributed by atoms with E-state index >= 15 is 0 Å². The number of thioether (sulfide) groups is 1. The van der Waals surface area contributed by atoms with Crippen LogP contribution in [0.15, 0.2) is 78.0 Å². The first kappa shape index (κ1) is 25.0. The van der Waals surface area contributed by atoms with Gasteiger partial charge in [-0.15, -0.1) is 0 Å². The van der Waals surface area contributed by atoms with E-state index in [-0.39, 0.29) is 5.91 Å². The van der Waals surface area contributed by atoms with E-state index in [1.165, 1.54) is 11.8 Å². The minimum absolute atomic E-state index is 0.214. The van der Waals surface area contributed by atoms with Crippen molar-refractivity contribution in [1.82, 2.24) is 9.97 Å². The van der Waals surface area contributed by atoms with Gasteiger partial charge in [-0.25, -0.2) is 9.97 Å². The molecule has 0 bridgehead atoms. The van der Waals surface area contributed by atoms with Crippen LogP contribution in [0.25, 0.3) is 22.4 Å². The van der Waals surface area contributed by atoms with Crippen LogP contribution in [0.4, 0.5) is 5.82 Å². The first-order valence-electron chi connectivity index (χ1n) is 11.4. The lowest BCUT2D eigenvalue weighted by Crippen LogP contribution is -2.23. The predicted octanol–water partition coefficient (Wildman–Crippen LogP) is 6.43. The first-order chi connectivity index (χ1) is 17.4. The van der Waals surface area contributed by atoms with Crippen molar-refractivity contribution < 1.29 is 9.53 Å². The number of pyridine rings is 2. The van der Waals surface area contributed by atoms with Gasteiger partial charge in [0.15, 0.2) is 0 Å². The van der Waals surface area contributed by atoms with Gasteiger partial charge < -0.3 is 10.1 Å². The number of hydrogen-bond donors (Lipinski definition) is 1. The highest BCUT2D eigenvalue weighted by Gasteiger charge is 2.22. The lowest BCUT2D eigenvalue weighted by molar-refractivity contribution is -0.115. The molecule has 7 heteroatoms. The predicted molar refractivity (Wildman–Crippen MR) is 144 cm³/mol. The van der Waals surface area contributed by atoms with Crippen LogP contribution in [-0.4, -0.2) is 28.2 Å². The SMILES string of the molecule is COc1ccc(-c2cc(-c3ccc(C)cc3)c(C#N)c(SC(C)C(=O)Nc3ccc(C)cn3)n2)cc1. The van der Waals surface area contributed by atoms with Crippen molar-refractivity contribution >= 4 is 23.5 Å². The van der Waals surface area contributed by atoms with Crippen LogP contribution in [-0.2, 0) is 4.79 Å². The molecule has 2 aromatic heterocycles. The Morgan fingerprint density at radius 1 is 1.00 bits per heavy atom. The number of ether oxygens (including phenoxy) is 1. The van der Waals surface area contributed by atoms with Crippen LogP contribution >= 0.6 is 11.8 Å². The largest absolute Gasteiger partial charge is 0.497 e. The van der Waals surface area contributed by atoms with Gasteiger partial charge >= 0.3 is 0 Å². The van der Waals surface area contributed by atoms with Crippen LogP contribution in [0.3, 0.4) is 0 Å². The maximum atomic E-state index is 12.9. The number of carbonyl (C=O) groups is 1. The summed E-state index contributed by atoms with van der Waals surface area (Å²) in [5.74, 6) is 1.02. The zero-order chi connectivity index (χ0) is 25.7. The van der Waals surface area contributed by atoms with Crippen LogP contribution in [0.5, 0.6) is 5.75 Å². The maximum absolute atomic E-state index is 12.9. The van der Waals surface area contributed by atoms with Crippen LogP contribution < -0.4 is 10.1 Å². The molecule has 4 aromatic rings. The van der Waals surface area contributed by atoms with Gasteiger partial charge in [0.2, 0.25) is 5.91 Å². The molecule has 2 aromatic carbocycles. The molecule has 1 amide bonds. The topological polar surface area (TPSA) is 87.9 Å². The monoisotopic (exact) mass is 494 g/mol. The number of methoxy groups -OCH3 is 1. The molecule has 6 nitrogen and oxygen atoms in total. The molecule has 1 unspecified atom stereocenters. The molecule has 0 fully saturated rings. The van der Waals surface area contributed by atoms with Crippen molar-refractivity contribution in [2.45, 2.75) is 31.0 Å². The van der Waals surface area contributed by atoms with E-state index in [2.05, 4.69) is 16.4 Å². The van der Waals surface area contributed by atoms with Crippen molar-refractivity contribution in [3.63, 3.8) is 0 Å². The normalized spacial score (nSPS) is 11.4. The third kappa shape index (κ3) is 5.73. The highest BCUT2D eigenvalue weighted by atomic mass is 32.2. The zero-order valence-corrected chi connectivity index (χ0v) is 21.4. The highest BCUT2D eigenvalue weighted by Crippen LogP contribution is 2.36. The Kier molecular flexibility index (Phi) is 7.67. The Morgan fingerprint density at radius 2 is 1.67 bits per heavy atom. The molecule has 0 aliphatic carbocycles. The summed E-state index contributed by atoms with van der Waals surface area (Å²) < 4.78 is 5.29. The van der Waals surface area contributed by atoms with Crippen molar-refractivity contribution in [3.8, 4) is 34.2 Å². The van der Waals surface area contributed by atoms with E-state index in [1.54, 1.807) is 26.3 Å². The number of hydrogen-bond acceptors (Lipinski definition) is 6. The summed E-state index contributed by atoms with van der Waals surface area (Å²) in [5.41, 5.74) is 5.86. The second kappa shape index (κ2) is 11.1. The van der Waals surface area contributed by atoms with E-state index in [9.17, 15) is 10.1 Å². The van der Waals surface area contributed by atoms with E-state index in [0.29, 0.717) is 22.1 Å².